The van der Waals surface area contributed by atoms with E-state index in [0.717, 1.165) is 0 Å². The molecular weight excluding hydrogens is 231 g/mol. The van der Waals surface area contributed by atoms with Crippen LogP contribution in [0.15, 0.2) is 0 Å². The monoisotopic (exact) mass is 251 g/mol. The van der Waals surface area contributed by atoms with E-state index in [1.807, 2.05) is 13.8 Å². The third-order valence-corrected chi connectivity index (χ3v) is 3.83. The average Bonchev–Trinajstić information content (AvgIpc) is 2.98. The molecule has 5 heteroatoms. The van der Waals surface area contributed by atoms with Crippen molar-refractivity contribution in [2.24, 2.45) is 5.92 Å². The number of nitrogens with one attached hydrogen (secondary N) is 1. The molecule has 1 saturated heterocycles. The summed E-state index contributed by atoms with van der Waals surface area (Å²) in [5, 5.41) is 2.83. The summed E-state index contributed by atoms with van der Waals surface area (Å²) in [5.74, 6) is 0.362. The second kappa shape index (κ2) is 4.43. The first-order valence-corrected chi connectivity index (χ1v) is 6.30. The molecular formula is C12H20F3NO. The SMILES string of the molecule is CC(C)C1CC(NC2(C(F)(F)F)CC2)CCO1. The molecule has 17 heavy (non-hydrogen) atoms. The van der Waals surface area contributed by atoms with Crippen molar-refractivity contribution in [3.63, 3.8) is 0 Å². The Bertz CT molecular complexity index is 273. The second-order valence-electron chi connectivity index (χ2n) is 5.60. The van der Waals surface area contributed by atoms with Crippen LogP contribution in [0.2, 0.25) is 0 Å². The van der Waals surface area contributed by atoms with Gasteiger partial charge in [-0.15, -0.1) is 0 Å². The van der Waals surface area contributed by atoms with Gasteiger partial charge in [-0.1, -0.05) is 13.8 Å². The Balaban J connectivity index is 1.91. The quantitative estimate of drug-likeness (QED) is 0.832. The van der Waals surface area contributed by atoms with Crippen LogP contribution < -0.4 is 5.32 Å². The summed E-state index contributed by atoms with van der Waals surface area (Å²) in [6, 6.07) is -0.0553. The van der Waals surface area contributed by atoms with E-state index in [2.05, 4.69) is 5.32 Å². The number of rotatable bonds is 3. The van der Waals surface area contributed by atoms with E-state index in [9.17, 15) is 13.2 Å². The molecule has 0 spiro atoms. The van der Waals surface area contributed by atoms with Crippen molar-refractivity contribution in [3.8, 4) is 0 Å². The molecule has 0 bridgehead atoms. The number of ether oxygens (including phenoxy) is 1. The molecule has 2 fully saturated rings. The number of hydrogen-bond donors (Lipinski definition) is 1. The summed E-state index contributed by atoms with van der Waals surface area (Å²) >= 11 is 0. The molecule has 2 nitrogen and oxygen atoms in total. The molecule has 2 atom stereocenters. The van der Waals surface area contributed by atoms with Crippen molar-refractivity contribution < 1.29 is 17.9 Å². The molecule has 0 aromatic carbocycles. The first-order valence-electron chi connectivity index (χ1n) is 6.30. The average molecular weight is 251 g/mol. The highest BCUT2D eigenvalue weighted by molar-refractivity contribution is 5.09. The summed E-state index contributed by atoms with van der Waals surface area (Å²) in [5.41, 5.74) is -1.59. The molecule has 1 heterocycles. The zero-order valence-corrected chi connectivity index (χ0v) is 10.3. The van der Waals surface area contributed by atoms with Crippen LogP contribution in [0.4, 0.5) is 13.2 Å². The van der Waals surface area contributed by atoms with Crippen molar-refractivity contribution in [3.05, 3.63) is 0 Å². The fraction of sp³-hybridized carbons (Fsp3) is 1.00. The molecule has 1 aliphatic heterocycles. The molecule has 0 aromatic rings. The topological polar surface area (TPSA) is 21.3 Å². The molecule has 0 radical (unpaired) electrons. The van der Waals surface area contributed by atoms with Gasteiger partial charge in [-0.3, -0.25) is 0 Å². The van der Waals surface area contributed by atoms with Crippen molar-refractivity contribution in [2.45, 2.75) is 63.4 Å². The van der Waals surface area contributed by atoms with Crippen molar-refractivity contribution in [1.29, 1.82) is 0 Å². The lowest BCUT2D eigenvalue weighted by atomic mass is 9.94. The number of alkyl halides is 3. The smallest absolute Gasteiger partial charge is 0.378 e. The van der Waals surface area contributed by atoms with Gasteiger partial charge < -0.3 is 10.1 Å². The molecule has 0 aromatic heterocycles. The van der Waals surface area contributed by atoms with Crippen molar-refractivity contribution >= 4 is 0 Å². The minimum atomic E-state index is -4.11. The molecule has 1 aliphatic carbocycles. The highest BCUT2D eigenvalue weighted by Gasteiger charge is 2.63. The van der Waals surface area contributed by atoms with Gasteiger partial charge in [0.05, 0.1) is 6.10 Å². The van der Waals surface area contributed by atoms with Crippen molar-refractivity contribution in [2.75, 3.05) is 6.61 Å². The van der Waals surface area contributed by atoms with Gasteiger partial charge in [0.15, 0.2) is 0 Å². The predicted molar refractivity (Wildman–Crippen MR) is 58.8 cm³/mol. The van der Waals surface area contributed by atoms with Crippen LogP contribution in [0, 0.1) is 5.92 Å². The first-order chi connectivity index (χ1) is 7.84. The summed E-state index contributed by atoms with van der Waals surface area (Å²) in [7, 11) is 0. The molecule has 2 rings (SSSR count). The molecule has 1 N–H and O–H groups in total. The Morgan fingerprint density at radius 1 is 1.29 bits per heavy atom. The Morgan fingerprint density at radius 2 is 1.94 bits per heavy atom. The molecule has 2 aliphatic rings. The third kappa shape index (κ3) is 2.76. The van der Waals surface area contributed by atoms with Crippen LogP contribution >= 0.6 is 0 Å². The Kier molecular flexibility index (Phi) is 3.42. The van der Waals surface area contributed by atoms with E-state index in [4.69, 9.17) is 4.74 Å². The Morgan fingerprint density at radius 3 is 2.41 bits per heavy atom. The molecule has 2 unspecified atom stereocenters. The maximum absolute atomic E-state index is 12.8. The van der Waals surface area contributed by atoms with Gasteiger partial charge in [0.2, 0.25) is 0 Å². The first kappa shape index (κ1) is 13.1. The summed E-state index contributed by atoms with van der Waals surface area (Å²) in [4.78, 5) is 0. The van der Waals surface area contributed by atoms with Crippen LogP contribution in [0.1, 0.15) is 39.5 Å². The van der Waals surface area contributed by atoms with E-state index >= 15 is 0 Å². The lowest BCUT2D eigenvalue weighted by Crippen LogP contribution is -2.52. The summed E-state index contributed by atoms with van der Waals surface area (Å²) in [6.07, 6.45) is -2.21. The summed E-state index contributed by atoms with van der Waals surface area (Å²) < 4.78 is 44.0. The van der Waals surface area contributed by atoms with Gasteiger partial charge in [-0.2, -0.15) is 13.2 Å². The van der Waals surface area contributed by atoms with E-state index in [-0.39, 0.29) is 25.0 Å². The van der Waals surface area contributed by atoms with Crippen LogP contribution in [-0.2, 0) is 4.74 Å². The highest BCUT2D eigenvalue weighted by Crippen LogP contribution is 2.49. The Hall–Kier alpha value is -0.290. The predicted octanol–water partition coefficient (Wildman–Crippen LogP) is 2.87. The van der Waals surface area contributed by atoms with E-state index in [1.165, 1.54) is 0 Å². The van der Waals surface area contributed by atoms with Crippen LogP contribution in [0.3, 0.4) is 0 Å². The van der Waals surface area contributed by atoms with Gasteiger partial charge in [-0.25, -0.2) is 0 Å². The fourth-order valence-electron chi connectivity index (χ4n) is 2.45. The normalized spacial score (nSPS) is 32.8. The van der Waals surface area contributed by atoms with Crippen LogP contribution in [-0.4, -0.2) is 30.5 Å². The number of hydrogen-bond acceptors (Lipinski definition) is 2. The van der Waals surface area contributed by atoms with E-state index < -0.39 is 11.7 Å². The van der Waals surface area contributed by atoms with Crippen molar-refractivity contribution in [1.82, 2.24) is 5.32 Å². The van der Waals surface area contributed by atoms with Gasteiger partial charge >= 0.3 is 6.18 Å². The van der Waals surface area contributed by atoms with E-state index in [0.29, 0.717) is 25.4 Å². The minimum Gasteiger partial charge on any atom is -0.378 e. The standard InChI is InChI=1S/C12H20F3NO/c1-8(2)10-7-9(3-6-17-10)16-11(4-5-11)12(13,14)15/h8-10,16H,3-7H2,1-2H3. The largest absolute Gasteiger partial charge is 0.406 e. The maximum atomic E-state index is 12.8. The molecule has 0 amide bonds. The van der Waals surface area contributed by atoms with Gasteiger partial charge in [0.25, 0.3) is 0 Å². The van der Waals surface area contributed by atoms with Crippen LogP contribution in [0.5, 0.6) is 0 Å². The van der Waals surface area contributed by atoms with E-state index in [1.54, 1.807) is 0 Å². The lowest BCUT2D eigenvalue weighted by molar-refractivity contribution is -0.170. The molecule has 1 saturated carbocycles. The van der Waals surface area contributed by atoms with Gasteiger partial charge in [0.1, 0.15) is 5.54 Å². The Labute approximate surface area is 99.9 Å². The van der Waals surface area contributed by atoms with Gasteiger partial charge in [-0.05, 0) is 31.6 Å². The highest BCUT2D eigenvalue weighted by atomic mass is 19.4. The fourth-order valence-corrected chi connectivity index (χ4v) is 2.45. The molecule has 100 valence electrons. The second-order valence-corrected chi connectivity index (χ2v) is 5.60. The number of halogens is 3. The third-order valence-electron chi connectivity index (χ3n) is 3.83. The summed E-state index contributed by atoms with van der Waals surface area (Å²) in [6.45, 7) is 4.65. The van der Waals surface area contributed by atoms with Crippen LogP contribution in [0.25, 0.3) is 0 Å². The zero-order chi connectivity index (χ0) is 12.7. The maximum Gasteiger partial charge on any atom is 0.406 e. The lowest BCUT2D eigenvalue weighted by Gasteiger charge is -2.35. The zero-order valence-electron chi connectivity index (χ0n) is 10.3. The minimum absolute atomic E-state index is 0.0553. The van der Waals surface area contributed by atoms with Gasteiger partial charge in [0, 0.05) is 12.6 Å².